The van der Waals surface area contributed by atoms with Gasteiger partial charge in [-0.15, -0.1) is 0 Å². The average Bonchev–Trinajstić information content (AvgIpc) is 2.13. The molecule has 1 fully saturated rings. The third kappa shape index (κ3) is 2.11. The van der Waals surface area contributed by atoms with Gasteiger partial charge in [-0.1, -0.05) is 11.6 Å². The first-order valence-electron chi connectivity index (χ1n) is 5.02. The Balaban J connectivity index is 2.07. The van der Waals surface area contributed by atoms with Crippen molar-refractivity contribution in [2.75, 3.05) is 5.32 Å². The maximum absolute atomic E-state index is 12.8. The number of hydrogen-bond acceptors (Lipinski definition) is 2. The fourth-order valence-electron chi connectivity index (χ4n) is 1.77. The van der Waals surface area contributed by atoms with E-state index in [9.17, 15) is 9.18 Å². The van der Waals surface area contributed by atoms with E-state index < -0.39 is 11.8 Å². The Morgan fingerprint density at radius 3 is 2.75 bits per heavy atom. The molecule has 1 aliphatic rings. The Bertz CT molecular complexity index is 424. The van der Waals surface area contributed by atoms with E-state index in [0.29, 0.717) is 12.1 Å². The van der Waals surface area contributed by atoms with Crippen LogP contribution in [0.2, 0.25) is 5.02 Å². The van der Waals surface area contributed by atoms with Crippen molar-refractivity contribution < 1.29 is 14.3 Å². The summed E-state index contributed by atoms with van der Waals surface area (Å²) >= 11 is 5.83. The summed E-state index contributed by atoms with van der Waals surface area (Å²) in [4.78, 5) is 10.8. The molecule has 2 atom stereocenters. The second kappa shape index (κ2) is 4.29. The normalized spacial score (nSPS) is 23.6. The van der Waals surface area contributed by atoms with Crippen LogP contribution in [0.4, 0.5) is 10.1 Å². The summed E-state index contributed by atoms with van der Waals surface area (Å²) in [5.41, 5.74) is 0.582. The molecule has 1 aromatic rings. The largest absolute Gasteiger partial charge is 0.481 e. The van der Waals surface area contributed by atoms with Crippen molar-refractivity contribution >= 4 is 23.3 Å². The van der Waals surface area contributed by atoms with Gasteiger partial charge in [0.25, 0.3) is 0 Å². The topological polar surface area (TPSA) is 49.3 Å². The number of nitrogens with one attached hydrogen (secondary N) is 1. The van der Waals surface area contributed by atoms with Crippen molar-refractivity contribution in [2.45, 2.75) is 18.9 Å². The molecule has 0 aliphatic heterocycles. The maximum Gasteiger partial charge on any atom is 0.308 e. The highest BCUT2D eigenvalue weighted by molar-refractivity contribution is 6.33. The molecule has 0 radical (unpaired) electrons. The fraction of sp³-hybridized carbons (Fsp3) is 0.364. The summed E-state index contributed by atoms with van der Waals surface area (Å²) in [6.45, 7) is 0. The zero-order valence-corrected chi connectivity index (χ0v) is 9.17. The zero-order chi connectivity index (χ0) is 11.7. The van der Waals surface area contributed by atoms with Crippen LogP contribution in [0.1, 0.15) is 12.8 Å². The van der Waals surface area contributed by atoms with Gasteiger partial charge in [0.2, 0.25) is 0 Å². The number of hydrogen-bond donors (Lipinski definition) is 2. The highest BCUT2D eigenvalue weighted by atomic mass is 35.5. The van der Waals surface area contributed by atoms with Crippen molar-refractivity contribution in [3.05, 3.63) is 29.0 Å². The minimum atomic E-state index is -0.804. The number of carboxylic acid groups (broad SMARTS) is 1. The van der Waals surface area contributed by atoms with Gasteiger partial charge in [0.1, 0.15) is 5.82 Å². The van der Waals surface area contributed by atoms with Crippen LogP contribution >= 0.6 is 11.6 Å². The second-order valence-corrected chi connectivity index (χ2v) is 4.30. The third-order valence-electron chi connectivity index (χ3n) is 2.86. The summed E-state index contributed by atoms with van der Waals surface area (Å²) < 4.78 is 12.8. The molecule has 5 heteroatoms. The Labute approximate surface area is 97.2 Å². The van der Waals surface area contributed by atoms with Gasteiger partial charge in [-0.2, -0.15) is 0 Å². The second-order valence-electron chi connectivity index (χ2n) is 3.90. The van der Waals surface area contributed by atoms with E-state index in [4.69, 9.17) is 16.7 Å². The molecule has 16 heavy (non-hydrogen) atoms. The summed E-state index contributed by atoms with van der Waals surface area (Å²) in [6, 6.07) is 3.91. The highest BCUT2D eigenvalue weighted by Crippen LogP contribution is 2.33. The van der Waals surface area contributed by atoms with Gasteiger partial charge in [-0.05, 0) is 31.0 Å². The summed E-state index contributed by atoms with van der Waals surface area (Å²) in [5.74, 6) is -1.58. The van der Waals surface area contributed by atoms with E-state index in [1.165, 1.54) is 18.2 Å². The van der Waals surface area contributed by atoms with Crippen LogP contribution in [0, 0.1) is 11.7 Å². The van der Waals surface area contributed by atoms with Crippen LogP contribution in [0.25, 0.3) is 0 Å². The predicted molar refractivity (Wildman–Crippen MR) is 59.2 cm³/mol. The molecule has 3 nitrogen and oxygen atoms in total. The standard InChI is InChI=1S/C11H11ClFNO2/c12-8-5-6(13)1-3-10(8)14-9-4-2-7(9)11(15)16/h1,3,5,7,9,14H,2,4H2,(H,15,16). The lowest BCUT2D eigenvalue weighted by molar-refractivity contribution is -0.144. The number of benzene rings is 1. The SMILES string of the molecule is O=C(O)C1CCC1Nc1ccc(F)cc1Cl. The van der Waals surface area contributed by atoms with Crippen LogP contribution in [0.3, 0.4) is 0 Å². The van der Waals surface area contributed by atoms with Crippen molar-refractivity contribution in [2.24, 2.45) is 5.92 Å². The van der Waals surface area contributed by atoms with Crippen molar-refractivity contribution in [1.29, 1.82) is 0 Å². The number of aliphatic carboxylic acids is 1. The molecular weight excluding hydrogens is 233 g/mol. The van der Waals surface area contributed by atoms with Crippen LogP contribution in [0.15, 0.2) is 18.2 Å². The molecule has 0 saturated heterocycles. The molecule has 1 aromatic carbocycles. The van der Waals surface area contributed by atoms with Gasteiger partial charge in [-0.3, -0.25) is 4.79 Å². The first-order chi connectivity index (χ1) is 7.58. The summed E-state index contributed by atoms with van der Waals surface area (Å²) in [6.07, 6.45) is 1.47. The number of rotatable bonds is 3. The monoisotopic (exact) mass is 243 g/mol. The van der Waals surface area contributed by atoms with Crippen molar-refractivity contribution in [3.8, 4) is 0 Å². The quantitative estimate of drug-likeness (QED) is 0.858. The Kier molecular flexibility index (Phi) is 3.01. The van der Waals surface area contributed by atoms with Crippen molar-refractivity contribution in [1.82, 2.24) is 0 Å². The van der Waals surface area contributed by atoms with Crippen LogP contribution in [-0.2, 0) is 4.79 Å². The van der Waals surface area contributed by atoms with Crippen LogP contribution in [-0.4, -0.2) is 17.1 Å². The molecule has 2 N–H and O–H groups in total. The highest BCUT2D eigenvalue weighted by Gasteiger charge is 2.36. The number of anilines is 1. The Hall–Kier alpha value is -1.29. The van der Waals surface area contributed by atoms with E-state index in [1.54, 1.807) is 0 Å². The fourth-order valence-corrected chi connectivity index (χ4v) is 2.00. The van der Waals surface area contributed by atoms with Crippen LogP contribution in [0.5, 0.6) is 0 Å². The molecule has 0 aromatic heterocycles. The number of carboxylic acids is 1. The van der Waals surface area contributed by atoms with E-state index in [1.807, 2.05) is 0 Å². The molecule has 0 bridgehead atoms. The first kappa shape index (κ1) is 11.2. The minimum absolute atomic E-state index is 0.111. The molecule has 2 rings (SSSR count). The lowest BCUT2D eigenvalue weighted by Crippen LogP contribution is -2.43. The van der Waals surface area contributed by atoms with Gasteiger partial charge in [0.15, 0.2) is 0 Å². The molecule has 0 spiro atoms. The van der Waals surface area contributed by atoms with E-state index in [-0.39, 0.29) is 17.0 Å². The van der Waals surface area contributed by atoms with E-state index in [2.05, 4.69) is 5.32 Å². The Morgan fingerprint density at radius 1 is 1.50 bits per heavy atom. The van der Waals surface area contributed by atoms with E-state index in [0.717, 1.165) is 6.42 Å². The van der Waals surface area contributed by atoms with E-state index >= 15 is 0 Å². The van der Waals surface area contributed by atoms with Gasteiger partial charge in [0, 0.05) is 6.04 Å². The smallest absolute Gasteiger partial charge is 0.308 e. The average molecular weight is 244 g/mol. The first-order valence-corrected chi connectivity index (χ1v) is 5.40. The predicted octanol–water partition coefficient (Wildman–Crippen LogP) is 2.75. The van der Waals surface area contributed by atoms with Gasteiger partial charge < -0.3 is 10.4 Å². The molecule has 86 valence electrons. The molecule has 0 heterocycles. The van der Waals surface area contributed by atoms with Gasteiger partial charge in [-0.25, -0.2) is 4.39 Å². The van der Waals surface area contributed by atoms with Crippen LogP contribution < -0.4 is 5.32 Å². The number of carbonyl (C=O) groups is 1. The molecule has 1 aliphatic carbocycles. The third-order valence-corrected chi connectivity index (χ3v) is 3.18. The number of halogens is 2. The minimum Gasteiger partial charge on any atom is -0.481 e. The lowest BCUT2D eigenvalue weighted by atomic mass is 9.79. The maximum atomic E-state index is 12.8. The van der Waals surface area contributed by atoms with Gasteiger partial charge >= 0.3 is 5.97 Å². The zero-order valence-electron chi connectivity index (χ0n) is 8.41. The van der Waals surface area contributed by atoms with Crippen molar-refractivity contribution in [3.63, 3.8) is 0 Å². The van der Waals surface area contributed by atoms with Gasteiger partial charge in [0.05, 0.1) is 16.6 Å². The molecule has 2 unspecified atom stereocenters. The summed E-state index contributed by atoms with van der Waals surface area (Å²) in [5, 5.41) is 12.2. The summed E-state index contributed by atoms with van der Waals surface area (Å²) in [7, 11) is 0. The molecular formula is C11H11ClFNO2. The molecule has 1 saturated carbocycles. The molecule has 0 amide bonds. The Morgan fingerprint density at radius 2 is 2.25 bits per heavy atom. The lowest BCUT2D eigenvalue weighted by Gasteiger charge is -2.34.